The Kier molecular flexibility index (Phi) is 3.22. The molecule has 0 unspecified atom stereocenters. The smallest absolute Gasteiger partial charge is 0.143 e. The summed E-state index contributed by atoms with van der Waals surface area (Å²) in [5, 5.41) is 12.0. The molecule has 0 amide bonds. The number of nitriles is 1. The van der Waals surface area contributed by atoms with E-state index in [4.69, 9.17) is 16.9 Å². The molecule has 0 aliphatic rings. The first kappa shape index (κ1) is 11.4. The van der Waals surface area contributed by atoms with Crippen molar-refractivity contribution in [2.45, 2.75) is 0 Å². The minimum absolute atomic E-state index is 0.349. The zero-order valence-corrected chi connectivity index (χ0v) is 9.37. The van der Waals surface area contributed by atoms with Crippen molar-refractivity contribution < 1.29 is 4.39 Å². The van der Waals surface area contributed by atoms with Crippen LogP contribution in [0.2, 0.25) is 5.02 Å². The fourth-order valence-electron chi connectivity index (χ4n) is 1.33. The van der Waals surface area contributed by atoms with E-state index in [2.05, 4.69) is 10.3 Å². The average Bonchev–Trinajstić information content (AvgIpc) is 2.29. The first-order valence-electron chi connectivity index (χ1n) is 4.76. The third-order valence-corrected chi connectivity index (χ3v) is 2.40. The molecular formula is C12H7ClFN3. The summed E-state index contributed by atoms with van der Waals surface area (Å²) in [6.07, 6.45) is 2.62. The molecule has 1 aromatic carbocycles. The molecule has 0 spiro atoms. The van der Waals surface area contributed by atoms with Gasteiger partial charge in [0, 0.05) is 11.8 Å². The second-order valence-electron chi connectivity index (χ2n) is 3.32. The molecule has 0 bridgehead atoms. The lowest BCUT2D eigenvalue weighted by Gasteiger charge is -2.06. The van der Waals surface area contributed by atoms with Crippen molar-refractivity contribution in [3.05, 3.63) is 53.1 Å². The largest absolute Gasteiger partial charge is 0.354 e. The van der Waals surface area contributed by atoms with Crippen LogP contribution in [0.1, 0.15) is 5.56 Å². The molecule has 1 N–H and O–H groups in total. The van der Waals surface area contributed by atoms with E-state index < -0.39 is 5.82 Å². The van der Waals surface area contributed by atoms with Gasteiger partial charge in [0.2, 0.25) is 0 Å². The fourth-order valence-corrected chi connectivity index (χ4v) is 1.55. The van der Waals surface area contributed by atoms with Gasteiger partial charge in [0.15, 0.2) is 0 Å². The molecule has 0 fully saturated rings. The first-order valence-corrected chi connectivity index (χ1v) is 5.14. The van der Waals surface area contributed by atoms with E-state index >= 15 is 0 Å². The molecule has 0 saturated carbocycles. The van der Waals surface area contributed by atoms with Crippen molar-refractivity contribution in [1.29, 1.82) is 5.26 Å². The molecule has 0 aliphatic carbocycles. The Balaban J connectivity index is 2.25. The van der Waals surface area contributed by atoms with Gasteiger partial charge in [-0.05, 0) is 18.2 Å². The van der Waals surface area contributed by atoms with E-state index in [9.17, 15) is 4.39 Å². The van der Waals surface area contributed by atoms with Gasteiger partial charge in [0.25, 0.3) is 0 Å². The summed E-state index contributed by atoms with van der Waals surface area (Å²) >= 11 is 5.87. The third kappa shape index (κ3) is 2.71. The lowest BCUT2D eigenvalue weighted by atomic mass is 10.2. The van der Waals surface area contributed by atoms with Gasteiger partial charge in [-0.1, -0.05) is 11.6 Å². The fraction of sp³-hybridized carbons (Fsp3) is 0. The zero-order chi connectivity index (χ0) is 12.3. The minimum Gasteiger partial charge on any atom is -0.354 e. The molecule has 0 atom stereocenters. The molecule has 0 aliphatic heterocycles. The van der Waals surface area contributed by atoms with Crippen molar-refractivity contribution in [2.75, 3.05) is 5.32 Å². The molecule has 5 heteroatoms. The number of aromatic nitrogens is 1. The third-order valence-electron chi connectivity index (χ3n) is 2.08. The summed E-state index contributed by atoms with van der Waals surface area (Å²) in [7, 11) is 0. The highest BCUT2D eigenvalue weighted by Gasteiger charge is 2.02. The van der Waals surface area contributed by atoms with Crippen LogP contribution in [0.15, 0.2) is 36.7 Å². The summed E-state index contributed by atoms with van der Waals surface area (Å²) in [6.45, 7) is 0. The van der Waals surface area contributed by atoms with Crippen LogP contribution in [0.5, 0.6) is 0 Å². The number of nitrogens with one attached hydrogen (secondary N) is 1. The summed E-state index contributed by atoms with van der Waals surface area (Å²) in [5.74, 6) is -0.422. The van der Waals surface area contributed by atoms with Crippen LogP contribution in [-0.4, -0.2) is 4.98 Å². The Morgan fingerprint density at radius 3 is 2.71 bits per heavy atom. The van der Waals surface area contributed by atoms with Gasteiger partial charge in [-0.15, -0.1) is 0 Å². The topological polar surface area (TPSA) is 48.7 Å². The number of hydrogen-bond donors (Lipinski definition) is 1. The maximum Gasteiger partial charge on any atom is 0.143 e. The molecule has 84 valence electrons. The Bertz CT molecular complexity index is 593. The van der Waals surface area contributed by atoms with Gasteiger partial charge in [0.1, 0.15) is 11.9 Å². The molecular weight excluding hydrogens is 241 g/mol. The predicted octanol–water partition coefficient (Wildman–Crippen LogP) is 3.49. The van der Waals surface area contributed by atoms with Gasteiger partial charge in [0.05, 0.1) is 28.7 Å². The van der Waals surface area contributed by atoms with Crippen LogP contribution in [0.25, 0.3) is 0 Å². The number of rotatable bonds is 2. The zero-order valence-electron chi connectivity index (χ0n) is 8.61. The number of nitrogens with zero attached hydrogens (tertiary/aromatic N) is 2. The van der Waals surface area contributed by atoms with Crippen LogP contribution in [0, 0.1) is 17.1 Å². The monoisotopic (exact) mass is 247 g/mol. The van der Waals surface area contributed by atoms with Gasteiger partial charge in [-0.3, -0.25) is 4.98 Å². The maximum absolute atomic E-state index is 12.9. The first-order chi connectivity index (χ1) is 8.19. The number of hydrogen-bond acceptors (Lipinski definition) is 3. The van der Waals surface area contributed by atoms with Crippen molar-refractivity contribution in [1.82, 2.24) is 4.98 Å². The van der Waals surface area contributed by atoms with Gasteiger partial charge in [-0.25, -0.2) is 4.39 Å². The van der Waals surface area contributed by atoms with Gasteiger partial charge >= 0.3 is 0 Å². The molecule has 0 radical (unpaired) electrons. The number of pyridine rings is 1. The van der Waals surface area contributed by atoms with Crippen LogP contribution in [0.4, 0.5) is 15.8 Å². The highest BCUT2D eigenvalue weighted by Crippen LogP contribution is 2.23. The number of halogens is 2. The highest BCUT2D eigenvalue weighted by atomic mass is 35.5. The van der Waals surface area contributed by atoms with Crippen molar-refractivity contribution in [3.63, 3.8) is 0 Å². The Morgan fingerprint density at radius 1 is 1.24 bits per heavy atom. The Hall–Kier alpha value is -2.12. The standard InChI is InChI=1S/C12H7ClFN3/c13-12-4-10(2-1-8(12)5-15)17-11-3-9(14)6-16-7-11/h1-4,6-7,17H. The van der Waals surface area contributed by atoms with E-state index in [0.29, 0.717) is 22.0 Å². The van der Waals surface area contributed by atoms with E-state index in [1.165, 1.54) is 12.3 Å². The molecule has 2 rings (SSSR count). The summed E-state index contributed by atoms with van der Waals surface area (Å²) in [5.41, 5.74) is 1.58. The van der Waals surface area contributed by atoms with Crippen LogP contribution in [-0.2, 0) is 0 Å². The highest BCUT2D eigenvalue weighted by molar-refractivity contribution is 6.32. The Labute approximate surface area is 102 Å². The maximum atomic E-state index is 12.9. The molecule has 2 aromatic rings. The van der Waals surface area contributed by atoms with Crippen molar-refractivity contribution >= 4 is 23.0 Å². The van der Waals surface area contributed by atoms with E-state index in [-0.39, 0.29) is 0 Å². The quantitative estimate of drug-likeness (QED) is 0.884. The van der Waals surface area contributed by atoms with Gasteiger partial charge in [-0.2, -0.15) is 5.26 Å². The van der Waals surface area contributed by atoms with Crippen LogP contribution < -0.4 is 5.32 Å². The summed E-state index contributed by atoms with van der Waals surface area (Å²) < 4.78 is 12.9. The lowest BCUT2D eigenvalue weighted by Crippen LogP contribution is -1.92. The Morgan fingerprint density at radius 2 is 2.06 bits per heavy atom. The van der Waals surface area contributed by atoms with E-state index in [1.807, 2.05) is 6.07 Å². The normalized spacial score (nSPS) is 9.71. The van der Waals surface area contributed by atoms with E-state index in [1.54, 1.807) is 18.2 Å². The minimum atomic E-state index is -0.422. The van der Waals surface area contributed by atoms with Gasteiger partial charge < -0.3 is 5.32 Å². The lowest BCUT2D eigenvalue weighted by molar-refractivity contribution is 0.622. The second-order valence-corrected chi connectivity index (χ2v) is 3.73. The summed E-state index contributed by atoms with van der Waals surface area (Å²) in [6, 6.07) is 8.17. The summed E-state index contributed by atoms with van der Waals surface area (Å²) in [4.78, 5) is 3.71. The van der Waals surface area contributed by atoms with Crippen LogP contribution >= 0.6 is 11.6 Å². The van der Waals surface area contributed by atoms with Crippen LogP contribution in [0.3, 0.4) is 0 Å². The van der Waals surface area contributed by atoms with E-state index in [0.717, 1.165) is 6.20 Å². The molecule has 1 heterocycles. The second kappa shape index (κ2) is 4.81. The van der Waals surface area contributed by atoms with Crippen molar-refractivity contribution in [3.8, 4) is 6.07 Å². The van der Waals surface area contributed by atoms with Crippen molar-refractivity contribution in [2.24, 2.45) is 0 Å². The SMILES string of the molecule is N#Cc1ccc(Nc2cncc(F)c2)cc1Cl. The number of benzene rings is 1. The molecule has 1 aromatic heterocycles. The molecule has 0 saturated heterocycles. The number of anilines is 2. The molecule has 17 heavy (non-hydrogen) atoms. The molecule has 3 nitrogen and oxygen atoms in total. The average molecular weight is 248 g/mol. The predicted molar refractivity (Wildman–Crippen MR) is 63.6 cm³/mol.